The third kappa shape index (κ3) is 5.14. The monoisotopic (exact) mass is 504 g/mol. The van der Waals surface area contributed by atoms with E-state index in [-0.39, 0.29) is 23.5 Å². The Bertz CT molecular complexity index is 1250. The topological polar surface area (TPSA) is 98.3 Å². The summed E-state index contributed by atoms with van der Waals surface area (Å²) >= 11 is 0. The molecule has 2 aliphatic carbocycles. The fourth-order valence-electron chi connectivity index (χ4n) is 6.20. The molecule has 3 aromatic rings. The lowest BCUT2D eigenvalue weighted by Gasteiger charge is -2.35. The van der Waals surface area contributed by atoms with Crippen LogP contribution in [-0.4, -0.2) is 61.7 Å². The van der Waals surface area contributed by atoms with Crippen molar-refractivity contribution in [2.45, 2.75) is 69.3 Å². The molecule has 0 bridgehead atoms. The van der Waals surface area contributed by atoms with E-state index in [0.717, 1.165) is 67.6 Å². The van der Waals surface area contributed by atoms with E-state index in [1.165, 1.54) is 38.3 Å². The van der Waals surface area contributed by atoms with Gasteiger partial charge in [-0.3, -0.25) is 4.68 Å². The Morgan fingerprint density at radius 3 is 2.73 bits per heavy atom. The number of hydrogen-bond acceptors (Lipinski definition) is 6. The number of ether oxygens (including phenoxy) is 1. The van der Waals surface area contributed by atoms with Gasteiger partial charge in [0.05, 0.1) is 29.4 Å². The normalized spacial score (nSPS) is 24.4. The van der Waals surface area contributed by atoms with Gasteiger partial charge in [-0.2, -0.15) is 5.10 Å². The van der Waals surface area contributed by atoms with E-state index in [9.17, 15) is 9.90 Å². The lowest BCUT2D eigenvalue weighted by Crippen LogP contribution is -2.40. The molecule has 2 saturated carbocycles. The molecule has 196 valence electrons. The number of hydrogen-bond donors (Lipinski definition) is 1. The second-order valence-electron chi connectivity index (χ2n) is 11.0. The highest BCUT2D eigenvalue weighted by Gasteiger charge is 2.46. The Hall–Kier alpha value is -3.20. The zero-order valence-corrected chi connectivity index (χ0v) is 21.5. The van der Waals surface area contributed by atoms with Crippen molar-refractivity contribution in [3.05, 3.63) is 53.6 Å². The van der Waals surface area contributed by atoms with Crippen LogP contribution < -0.4 is 4.90 Å². The standard InChI is InChI=1S/C28H36N6O3/c1-32-17-26(30-31-32)23-14-24(23)27-25(28(35)36)15-29-34(27)21-10-5-9-20(13-21)33-12-6-11-22(16-33)37-18-19-7-3-2-4-8-19/h5,9-10,13,15,17,19,22-24H,2-4,6-8,11-12,14,16,18H2,1H3,(H,35,36)/t22-,23-,24-/m1/s1. The van der Waals surface area contributed by atoms with Gasteiger partial charge in [0.25, 0.3) is 0 Å². The molecule has 0 radical (unpaired) electrons. The van der Waals surface area contributed by atoms with Crippen molar-refractivity contribution in [1.82, 2.24) is 24.8 Å². The highest BCUT2D eigenvalue weighted by Crippen LogP contribution is 2.55. The first kappa shape index (κ1) is 24.2. The zero-order valence-electron chi connectivity index (χ0n) is 21.5. The van der Waals surface area contributed by atoms with E-state index < -0.39 is 5.97 Å². The molecule has 1 saturated heterocycles. The van der Waals surface area contributed by atoms with Gasteiger partial charge in [0.2, 0.25) is 0 Å². The quantitative estimate of drug-likeness (QED) is 0.481. The fourth-order valence-corrected chi connectivity index (χ4v) is 6.20. The number of carboxylic acids is 1. The van der Waals surface area contributed by atoms with Crippen LogP contribution in [0.2, 0.25) is 0 Å². The molecule has 2 aromatic heterocycles. The predicted octanol–water partition coefficient (Wildman–Crippen LogP) is 4.54. The SMILES string of the molecule is Cn1cc([C@@H]2C[C@H]2c2c(C(=O)O)cnn2-c2cccc(N3CCC[C@@H](OCC4CCCCC4)C3)c2)nn1. The molecule has 0 unspecified atom stereocenters. The van der Waals surface area contributed by atoms with Crippen LogP contribution in [0.4, 0.5) is 5.69 Å². The third-order valence-electron chi connectivity index (χ3n) is 8.29. The summed E-state index contributed by atoms with van der Waals surface area (Å²) in [6, 6.07) is 8.31. The maximum atomic E-state index is 12.1. The van der Waals surface area contributed by atoms with Gasteiger partial charge < -0.3 is 14.7 Å². The number of benzene rings is 1. The lowest BCUT2D eigenvalue weighted by molar-refractivity contribution is 0.0136. The molecule has 6 rings (SSSR count). The largest absolute Gasteiger partial charge is 0.478 e. The highest BCUT2D eigenvalue weighted by molar-refractivity contribution is 5.89. The van der Waals surface area contributed by atoms with E-state index in [0.29, 0.717) is 0 Å². The van der Waals surface area contributed by atoms with Crippen molar-refractivity contribution in [1.29, 1.82) is 0 Å². The van der Waals surface area contributed by atoms with Gasteiger partial charge >= 0.3 is 5.97 Å². The summed E-state index contributed by atoms with van der Waals surface area (Å²) in [5.74, 6) is -0.00506. The molecular formula is C28H36N6O3. The number of aryl methyl sites for hydroxylation is 1. The lowest BCUT2D eigenvalue weighted by atomic mass is 9.90. The molecule has 9 nitrogen and oxygen atoms in total. The van der Waals surface area contributed by atoms with Crippen molar-refractivity contribution in [3.8, 4) is 5.69 Å². The maximum absolute atomic E-state index is 12.1. The Balaban J connectivity index is 1.20. The number of aromatic nitrogens is 5. The van der Waals surface area contributed by atoms with Crippen LogP contribution in [0.15, 0.2) is 36.7 Å². The molecule has 3 fully saturated rings. The van der Waals surface area contributed by atoms with E-state index in [2.05, 4.69) is 32.4 Å². The average molecular weight is 505 g/mol. The van der Waals surface area contributed by atoms with Crippen LogP contribution in [0.25, 0.3) is 5.69 Å². The number of nitrogens with zero attached hydrogens (tertiary/aromatic N) is 6. The molecule has 3 aliphatic rings. The Morgan fingerprint density at radius 2 is 1.95 bits per heavy atom. The van der Waals surface area contributed by atoms with Crippen LogP contribution in [0.5, 0.6) is 0 Å². The minimum atomic E-state index is -0.948. The molecule has 9 heteroatoms. The van der Waals surface area contributed by atoms with E-state index in [1.54, 1.807) is 4.68 Å². The van der Waals surface area contributed by atoms with Crippen molar-refractivity contribution in [2.75, 3.05) is 24.6 Å². The summed E-state index contributed by atoms with van der Waals surface area (Å²) in [6.07, 6.45) is 13.4. The number of aromatic carboxylic acids is 1. The first-order valence-electron chi connectivity index (χ1n) is 13.7. The third-order valence-corrected chi connectivity index (χ3v) is 8.29. The van der Waals surface area contributed by atoms with Gasteiger partial charge in [0.15, 0.2) is 0 Å². The summed E-state index contributed by atoms with van der Waals surface area (Å²) in [5, 5.41) is 22.7. The molecule has 0 spiro atoms. The highest BCUT2D eigenvalue weighted by atomic mass is 16.5. The van der Waals surface area contributed by atoms with Crippen molar-refractivity contribution in [2.24, 2.45) is 13.0 Å². The number of carbonyl (C=O) groups is 1. The van der Waals surface area contributed by atoms with E-state index >= 15 is 0 Å². The minimum absolute atomic E-state index is 0.0570. The van der Waals surface area contributed by atoms with E-state index in [1.807, 2.05) is 30.1 Å². The summed E-state index contributed by atoms with van der Waals surface area (Å²) in [6.45, 7) is 2.78. The van der Waals surface area contributed by atoms with Crippen LogP contribution in [-0.2, 0) is 11.8 Å². The molecular weight excluding hydrogens is 468 g/mol. The smallest absolute Gasteiger partial charge is 0.339 e. The van der Waals surface area contributed by atoms with Crippen LogP contribution >= 0.6 is 0 Å². The molecule has 3 heterocycles. The summed E-state index contributed by atoms with van der Waals surface area (Å²) in [5.41, 5.74) is 3.92. The van der Waals surface area contributed by atoms with Crippen LogP contribution in [0.3, 0.4) is 0 Å². The Kier molecular flexibility index (Phi) is 6.71. The van der Waals surface area contributed by atoms with Crippen LogP contribution in [0, 0.1) is 5.92 Å². The first-order chi connectivity index (χ1) is 18.1. The fraction of sp³-hybridized carbons (Fsp3) is 0.571. The molecule has 3 atom stereocenters. The second-order valence-corrected chi connectivity index (χ2v) is 11.0. The Morgan fingerprint density at radius 1 is 1.11 bits per heavy atom. The average Bonchev–Trinajstić information content (AvgIpc) is 3.37. The molecule has 0 amide bonds. The van der Waals surface area contributed by atoms with Gasteiger partial charge in [-0.1, -0.05) is 30.5 Å². The van der Waals surface area contributed by atoms with Crippen LogP contribution in [0.1, 0.15) is 84.9 Å². The van der Waals surface area contributed by atoms with Gasteiger partial charge in [-0.15, -0.1) is 5.10 Å². The number of carboxylic acid groups (broad SMARTS) is 1. The number of piperidine rings is 1. The van der Waals surface area contributed by atoms with Gasteiger partial charge in [0.1, 0.15) is 5.56 Å². The van der Waals surface area contributed by atoms with Crippen molar-refractivity contribution >= 4 is 11.7 Å². The molecule has 1 aromatic carbocycles. The van der Waals surface area contributed by atoms with Gasteiger partial charge in [-0.05, 0) is 56.2 Å². The summed E-state index contributed by atoms with van der Waals surface area (Å²) in [4.78, 5) is 14.5. The zero-order chi connectivity index (χ0) is 25.4. The minimum Gasteiger partial charge on any atom is -0.478 e. The van der Waals surface area contributed by atoms with Gasteiger partial charge in [0, 0.05) is 50.5 Å². The number of rotatable bonds is 8. The second kappa shape index (κ2) is 10.3. The Labute approximate surface area is 217 Å². The molecule has 1 N–H and O–H groups in total. The number of anilines is 1. The summed E-state index contributed by atoms with van der Waals surface area (Å²) < 4.78 is 9.90. The molecule has 1 aliphatic heterocycles. The van der Waals surface area contributed by atoms with E-state index in [4.69, 9.17) is 4.74 Å². The van der Waals surface area contributed by atoms with Crippen molar-refractivity contribution in [3.63, 3.8) is 0 Å². The van der Waals surface area contributed by atoms with Gasteiger partial charge in [-0.25, -0.2) is 9.48 Å². The first-order valence-corrected chi connectivity index (χ1v) is 13.7. The van der Waals surface area contributed by atoms with Crippen molar-refractivity contribution < 1.29 is 14.6 Å². The molecule has 37 heavy (non-hydrogen) atoms. The summed E-state index contributed by atoms with van der Waals surface area (Å²) in [7, 11) is 1.85. The maximum Gasteiger partial charge on any atom is 0.339 e. The predicted molar refractivity (Wildman–Crippen MR) is 139 cm³/mol.